The summed E-state index contributed by atoms with van der Waals surface area (Å²) < 4.78 is 27.0. The van der Waals surface area contributed by atoms with Gasteiger partial charge in [-0.25, -0.2) is 18.1 Å². The van der Waals surface area contributed by atoms with Crippen molar-refractivity contribution in [1.82, 2.24) is 9.71 Å². The molecule has 0 spiro atoms. The van der Waals surface area contributed by atoms with Crippen LogP contribution in [0.2, 0.25) is 0 Å². The van der Waals surface area contributed by atoms with Crippen LogP contribution in [0.4, 0.5) is 5.69 Å². The number of nitrogens with zero attached hydrogens (tertiary/aromatic N) is 1. The van der Waals surface area contributed by atoms with E-state index < -0.39 is 10.0 Å². The van der Waals surface area contributed by atoms with Crippen molar-refractivity contribution in [3.8, 4) is 0 Å². The Morgan fingerprint density at radius 1 is 1.37 bits per heavy atom. The van der Waals surface area contributed by atoms with Crippen molar-refractivity contribution < 1.29 is 8.42 Å². The highest BCUT2D eigenvalue weighted by Crippen LogP contribution is 2.19. The Hall–Kier alpha value is -1.44. The summed E-state index contributed by atoms with van der Waals surface area (Å²) in [5, 5.41) is 0. The van der Waals surface area contributed by atoms with Crippen molar-refractivity contribution in [3.63, 3.8) is 0 Å². The van der Waals surface area contributed by atoms with Crippen LogP contribution >= 0.6 is 11.3 Å². The van der Waals surface area contributed by atoms with Gasteiger partial charge in [0.1, 0.15) is 0 Å². The number of nitrogens with one attached hydrogen (secondary N) is 1. The van der Waals surface area contributed by atoms with Crippen LogP contribution in [0.5, 0.6) is 0 Å². The standard InChI is InChI=1S/C12H15N3O2S2/c1-8-5-10(13)3-4-12(8)19(16,17)15-6-11-9(2)14-7-18-11/h3-5,7,15H,6,13H2,1-2H3. The third-order valence-corrected chi connectivity index (χ3v) is 5.25. The molecule has 0 aliphatic heterocycles. The third-order valence-electron chi connectivity index (χ3n) is 2.76. The maximum absolute atomic E-state index is 12.2. The fraction of sp³-hybridized carbons (Fsp3) is 0.250. The van der Waals surface area contributed by atoms with Gasteiger partial charge in [0.05, 0.1) is 16.1 Å². The van der Waals surface area contributed by atoms with E-state index >= 15 is 0 Å². The monoisotopic (exact) mass is 297 g/mol. The summed E-state index contributed by atoms with van der Waals surface area (Å²) in [6.45, 7) is 3.83. The van der Waals surface area contributed by atoms with Crippen molar-refractivity contribution in [1.29, 1.82) is 0 Å². The van der Waals surface area contributed by atoms with Crippen LogP contribution in [-0.4, -0.2) is 13.4 Å². The predicted octanol–water partition coefficient (Wildman–Crippen LogP) is 1.82. The molecule has 0 atom stereocenters. The summed E-state index contributed by atoms with van der Waals surface area (Å²) in [5.74, 6) is 0. The highest BCUT2D eigenvalue weighted by Gasteiger charge is 2.17. The summed E-state index contributed by atoms with van der Waals surface area (Å²) >= 11 is 1.43. The number of thiazole rings is 1. The number of sulfonamides is 1. The van der Waals surface area contributed by atoms with Crippen LogP contribution in [0.15, 0.2) is 28.6 Å². The molecule has 0 bridgehead atoms. The van der Waals surface area contributed by atoms with Crippen molar-refractivity contribution in [3.05, 3.63) is 39.8 Å². The van der Waals surface area contributed by atoms with Gasteiger partial charge in [-0.2, -0.15) is 0 Å². The van der Waals surface area contributed by atoms with Crippen LogP contribution in [0.25, 0.3) is 0 Å². The topological polar surface area (TPSA) is 85.1 Å². The molecule has 0 radical (unpaired) electrons. The summed E-state index contributed by atoms with van der Waals surface area (Å²) in [6.07, 6.45) is 0. The molecule has 0 saturated heterocycles. The lowest BCUT2D eigenvalue weighted by Gasteiger charge is -2.09. The number of rotatable bonds is 4. The van der Waals surface area contributed by atoms with E-state index in [1.54, 1.807) is 24.6 Å². The molecule has 0 unspecified atom stereocenters. The zero-order valence-corrected chi connectivity index (χ0v) is 12.3. The lowest BCUT2D eigenvalue weighted by Crippen LogP contribution is -2.24. The van der Waals surface area contributed by atoms with Crippen molar-refractivity contribution in [2.75, 3.05) is 5.73 Å². The fourth-order valence-corrected chi connectivity index (χ4v) is 3.74. The molecule has 102 valence electrons. The third kappa shape index (κ3) is 3.12. The molecule has 0 fully saturated rings. The number of nitrogen functional groups attached to an aromatic ring is 1. The Bertz CT molecular complexity index is 693. The molecule has 0 aliphatic carbocycles. The minimum Gasteiger partial charge on any atom is -0.399 e. The van der Waals surface area contributed by atoms with Gasteiger partial charge < -0.3 is 5.73 Å². The van der Waals surface area contributed by atoms with Gasteiger partial charge in [-0.1, -0.05) is 0 Å². The van der Waals surface area contributed by atoms with Gasteiger partial charge >= 0.3 is 0 Å². The molecule has 0 saturated carbocycles. The Balaban J connectivity index is 2.21. The summed E-state index contributed by atoms with van der Waals surface area (Å²) in [6, 6.07) is 4.75. The van der Waals surface area contributed by atoms with Crippen molar-refractivity contribution >= 4 is 27.0 Å². The lowest BCUT2D eigenvalue weighted by molar-refractivity contribution is 0.581. The number of benzene rings is 1. The molecule has 1 aromatic heterocycles. The van der Waals surface area contributed by atoms with Crippen LogP contribution in [0.1, 0.15) is 16.1 Å². The molecule has 2 aromatic rings. The first-order chi connectivity index (χ1) is 8.90. The first-order valence-corrected chi connectivity index (χ1v) is 8.01. The Labute approximate surface area is 116 Å². The number of aromatic nitrogens is 1. The molecule has 5 nitrogen and oxygen atoms in total. The van der Waals surface area contributed by atoms with E-state index in [1.807, 2.05) is 6.92 Å². The number of hydrogen-bond acceptors (Lipinski definition) is 5. The van der Waals surface area contributed by atoms with Crippen LogP contribution in [-0.2, 0) is 16.6 Å². The average molecular weight is 297 g/mol. The van der Waals surface area contributed by atoms with Crippen molar-refractivity contribution in [2.24, 2.45) is 0 Å². The average Bonchev–Trinajstić information content (AvgIpc) is 2.72. The Morgan fingerprint density at radius 2 is 2.11 bits per heavy atom. The van der Waals surface area contributed by atoms with E-state index in [0.29, 0.717) is 11.3 Å². The van der Waals surface area contributed by atoms with E-state index in [-0.39, 0.29) is 11.4 Å². The first-order valence-electron chi connectivity index (χ1n) is 5.65. The van der Waals surface area contributed by atoms with Gasteiger partial charge in [-0.3, -0.25) is 0 Å². The summed E-state index contributed by atoms with van der Waals surface area (Å²) in [5.41, 5.74) is 9.35. The Morgan fingerprint density at radius 3 is 2.68 bits per heavy atom. The smallest absolute Gasteiger partial charge is 0.241 e. The molecule has 19 heavy (non-hydrogen) atoms. The summed E-state index contributed by atoms with van der Waals surface area (Å²) in [4.78, 5) is 5.25. The SMILES string of the molecule is Cc1cc(N)ccc1S(=O)(=O)NCc1scnc1C. The maximum Gasteiger partial charge on any atom is 0.241 e. The highest BCUT2D eigenvalue weighted by molar-refractivity contribution is 7.89. The van der Waals surface area contributed by atoms with E-state index in [2.05, 4.69) is 9.71 Å². The quantitative estimate of drug-likeness (QED) is 0.843. The van der Waals surface area contributed by atoms with Gasteiger partial charge in [-0.15, -0.1) is 11.3 Å². The molecule has 0 amide bonds. The van der Waals surface area contributed by atoms with Gasteiger partial charge in [0.15, 0.2) is 0 Å². The number of hydrogen-bond donors (Lipinski definition) is 2. The van der Waals surface area contributed by atoms with Gasteiger partial charge in [0.25, 0.3) is 0 Å². The lowest BCUT2D eigenvalue weighted by atomic mass is 10.2. The molecule has 1 heterocycles. The van der Waals surface area contributed by atoms with E-state index in [1.165, 1.54) is 17.4 Å². The van der Waals surface area contributed by atoms with E-state index in [0.717, 1.165) is 10.6 Å². The largest absolute Gasteiger partial charge is 0.399 e. The number of nitrogens with two attached hydrogens (primary N) is 1. The first kappa shape index (κ1) is 14.0. The second-order valence-corrected chi connectivity index (χ2v) is 6.89. The molecular formula is C12H15N3O2S2. The second kappa shape index (κ2) is 5.28. The van der Waals surface area contributed by atoms with Gasteiger partial charge in [0, 0.05) is 17.1 Å². The molecule has 1 aromatic carbocycles. The van der Waals surface area contributed by atoms with Crippen molar-refractivity contribution in [2.45, 2.75) is 25.3 Å². The second-order valence-electron chi connectivity index (χ2n) is 4.21. The van der Waals surface area contributed by atoms with Crippen LogP contribution < -0.4 is 10.5 Å². The normalized spacial score (nSPS) is 11.7. The zero-order valence-electron chi connectivity index (χ0n) is 10.7. The number of aryl methyl sites for hydroxylation is 2. The fourth-order valence-electron chi connectivity index (χ4n) is 1.71. The minimum absolute atomic E-state index is 0.253. The van der Waals surface area contributed by atoms with Gasteiger partial charge in [0.2, 0.25) is 10.0 Å². The van der Waals surface area contributed by atoms with Gasteiger partial charge in [-0.05, 0) is 37.6 Å². The maximum atomic E-state index is 12.2. The number of anilines is 1. The molecule has 3 N–H and O–H groups in total. The van der Waals surface area contributed by atoms with Crippen LogP contribution in [0, 0.1) is 13.8 Å². The summed E-state index contributed by atoms with van der Waals surface area (Å²) in [7, 11) is -3.53. The highest BCUT2D eigenvalue weighted by atomic mass is 32.2. The zero-order chi connectivity index (χ0) is 14.0. The molecular weight excluding hydrogens is 282 g/mol. The molecule has 7 heteroatoms. The molecule has 0 aliphatic rings. The predicted molar refractivity (Wildman–Crippen MR) is 76.5 cm³/mol. The Kier molecular flexibility index (Phi) is 3.88. The van der Waals surface area contributed by atoms with E-state index in [9.17, 15) is 8.42 Å². The van der Waals surface area contributed by atoms with Crippen LogP contribution in [0.3, 0.4) is 0 Å². The minimum atomic E-state index is -3.53. The molecule has 2 rings (SSSR count). The van der Waals surface area contributed by atoms with E-state index in [4.69, 9.17) is 5.73 Å².